The number of carboxylic acid groups (broad SMARTS) is 1. The van der Waals surface area contributed by atoms with E-state index in [4.69, 9.17) is 5.11 Å². The highest BCUT2D eigenvalue weighted by atomic mass is 16.4. The standard InChI is InChI=1S/C14H27N3O3/c1-10(2)12(13(18)19)15-14(20)17(4)9-11-5-7-16(3)8-6-11/h10-12H,5-9H2,1-4H3,(H,15,20)(H,18,19). The van der Waals surface area contributed by atoms with E-state index < -0.39 is 12.0 Å². The summed E-state index contributed by atoms with van der Waals surface area (Å²) in [5, 5.41) is 11.7. The molecule has 1 fully saturated rings. The zero-order valence-corrected chi connectivity index (χ0v) is 12.9. The second-order valence-electron chi connectivity index (χ2n) is 6.14. The fraction of sp³-hybridized carbons (Fsp3) is 0.857. The quantitative estimate of drug-likeness (QED) is 0.793. The number of piperidine rings is 1. The Morgan fingerprint density at radius 3 is 2.35 bits per heavy atom. The van der Waals surface area contributed by atoms with Crippen LogP contribution in [0.15, 0.2) is 0 Å². The number of carbonyl (C=O) groups is 2. The van der Waals surface area contributed by atoms with Crippen LogP contribution in [0.4, 0.5) is 4.79 Å². The van der Waals surface area contributed by atoms with E-state index in [1.54, 1.807) is 25.8 Å². The number of nitrogens with zero attached hydrogens (tertiary/aromatic N) is 2. The Bertz CT molecular complexity index is 339. The minimum absolute atomic E-state index is 0.131. The summed E-state index contributed by atoms with van der Waals surface area (Å²) in [7, 11) is 3.83. The lowest BCUT2D eigenvalue weighted by atomic mass is 9.97. The third kappa shape index (κ3) is 5.00. The van der Waals surface area contributed by atoms with Crippen LogP contribution in [0.1, 0.15) is 26.7 Å². The Kier molecular flexibility index (Phi) is 6.26. The van der Waals surface area contributed by atoms with Gasteiger partial charge in [-0.05, 0) is 44.8 Å². The molecule has 1 heterocycles. The zero-order chi connectivity index (χ0) is 15.3. The van der Waals surface area contributed by atoms with E-state index in [0.29, 0.717) is 12.5 Å². The first kappa shape index (κ1) is 16.8. The molecule has 116 valence electrons. The molecule has 0 aromatic carbocycles. The Labute approximate surface area is 121 Å². The number of likely N-dealkylation sites (tertiary alicyclic amines) is 1. The monoisotopic (exact) mass is 285 g/mol. The number of rotatable bonds is 5. The first-order valence-electron chi connectivity index (χ1n) is 7.24. The number of carboxylic acids is 1. The van der Waals surface area contributed by atoms with Crippen LogP contribution >= 0.6 is 0 Å². The van der Waals surface area contributed by atoms with Crippen LogP contribution in [0.2, 0.25) is 0 Å². The average molecular weight is 285 g/mol. The first-order valence-corrected chi connectivity index (χ1v) is 7.24. The fourth-order valence-electron chi connectivity index (χ4n) is 2.47. The van der Waals surface area contributed by atoms with Gasteiger partial charge in [0.25, 0.3) is 0 Å². The first-order chi connectivity index (χ1) is 9.31. The summed E-state index contributed by atoms with van der Waals surface area (Å²) >= 11 is 0. The van der Waals surface area contributed by atoms with Crippen LogP contribution < -0.4 is 5.32 Å². The highest BCUT2D eigenvalue weighted by Gasteiger charge is 2.26. The van der Waals surface area contributed by atoms with Crippen LogP contribution in [0, 0.1) is 11.8 Å². The van der Waals surface area contributed by atoms with E-state index in [0.717, 1.165) is 25.9 Å². The largest absolute Gasteiger partial charge is 0.480 e. The maximum Gasteiger partial charge on any atom is 0.326 e. The number of urea groups is 1. The lowest BCUT2D eigenvalue weighted by molar-refractivity contribution is -0.140. The topological polar surface area (TPSA) is 72.9 Å². The van der Waals surface area contributed by atoms with E-state index in [9.17, 15) is 9.59 Å². The van der Waals surface area contributed by atoms with Crippen LogP contribution in [0.3, 0.4) is 0 Å². The Balaban J connectivity index is 2.44. The maximum atomic E-state index is 12.0. The van der Waals surface area contributed by atoms with Crippen molar-refractivity contribution in [3.05, 3.63) is 0 Å². The number of nitrogens with one attached hydrogen (secondary N) is 1. The molecule has 1 atom stereocenters. The molecule has 0 spiro atoms. The van der Waals surface area contributed by atoms with E-state index in [2.05, 4.69) is 17.3 Å². The van der Waals surface area contributed by atoms with Crippen molar-refractivity contribution >= 4 is 12.0 Å². The predicted octanol–water partition coefficient (Wildman–Crippen LogP) is 1.08. The van der Waals surface area contributed by atoms with Crippen LogP contribution in [-0.4, -0.2) is 66.7 Å². The van der Waals surface area contributed by atoms with Crippen LogP contribution in [0.5, 0.6) is 0 Å². The summed E-state index contributed by atoms with van der Waals surface area (Å²) in [6, 6.07) is -1.13. The highest BCUT2D eigenvalue weighted by molar-refractivity contribution is 5.82. The lowest BCUT2D eigenvalue weighted by Gasteiger charge is -2.32. The third-order valence-corrected chi connectivity index (χ3v) is 3.93. The number of amides is 2. The minimum Gasteiger partial charge on any atom is -0.480 e. The number of hydrogen-bond donors (Lipinski definition) is 2. The maximum absolute atomic E-state index is 12.0. The zero-order valence-electron chi connectivity index (χ0n) is 12.9. The number of hydrogen-bond acceptors (Lipinski definition) is 3. The van der Waals surface area contributed by atoms with Crippen molar-refractivity contribution in [2.45, 2.75) is 32.7 Å². The summed E-state index contributed by atoms with van der Waals surface area (Å²) in [6.07, 6.45) is 2.17. The molecule has 1 aliphatic rings. The molecule has 1 saturated heterocycles. The van der Waals surface area contributed by atoms with Crippen molar-refractivity contribution in [2.24, 2.45) is 11.8 Å². The number of carbonyl (C=O) groups excluding carboxylic acids is 1. The van der Waals surface area contributed by atoms with E-state index >= 15 is 0 Å². The molecule has 6 heteroatoms. The molecular weight excluding hydrogens is 258 g/mol. The van der Waals surface area contributed by atoms with Gasteiger partial charge in [-0.3, -0.25) is 0 Å². The van der Waals surface area contributed by atoms with Gasteiger partial charge in [0, 0.05) is 13.6 Å². The summed E-state index contributed by atoms with van der Waals surface area (Å²) < 4.78 is 0. The average Bonchev–Trinajstić information content (AvgIpc) is 2.37. The molecule has 1 unspecified atom stereocenters. The molecule has 1 rings (SSSR count). The van der Waals surface area contributed by atoms with Crippen molar-refractivity contribution in [3.8, 4) is 0 Å². The highest BCUT2D eigenvalue weighted by Crippen LogP contribution is 2.16. The van der Waals surface area contributed by atoms with Crippen molar-refractivity contribution in [2.75, 3.05) is 33.7 Å². The Morgan fingerprint density at radius 2 is 1.90 bits per heavy atom. The summed E-state index contributed by atoms with van der Waals surface area (Å²) in [5.74, 6) is -0.613. The molecule has 6 nitrogen and oxygen atoms in total. The SMILES string of the molecule is CC(C)C(NC(=O)N(C)CC1CCN(C)CC1)C(=O)O. The summed E-state index contributed by atoms with van der Waals surface area (Å²) in [5.41, 5.74) is 0. The fourth-order valence-corrected chi connectivity index (χ4v) is 2.47. The molecular formula is C14H27N3O3. The molecule has 0 bridgehead atoms. The summed E-state index contributed by atoms with van der Waals surface area (Å²) in [4.78, 5) is 27.0. The molecule has 0 radical (unpaired) electrons. The molecule has 0 aromatic rings. The Hall–Kier alpha value is -1.30. The predicted molar refractivity (Wildman–Crippen MR) is 77.6 cm³/mol. The van der Waals surface area contributed by atoms with Gasteiger partial charge in [-0.25, -0.2) is 9.59 Å². The number of aliphatic carboxylic acids is 1. The molecule has 2 amide bonds. The van der Waals surface area contributed by atoms with Gasteiger partial charge in [-0.15, -0.1) is 0 Å². The van der Waals surface area contributed by atoms with Gasteiger partial charge in [0.1, 0.15) is 6.04 Å². The van der Waals surface area contributed by atoms with Gasteiger partial charge in [-0.1, -0.05) is 13.8 Å². The van der Waals surface area contributed by atoms with Crippen molar-refractivity contribution in [3.63, 3.8) is 0 Å². The van der Waals surface area contributed by atoms with E-state index in [-0.39, 0.29) is 11.9 Å². The van der Waals surface area contributed by atoms with Gasteiger partial charge in [0.05, 0.1) is 0 Å². The van der Waals surface area contributed by atoms with Crippen LogP contribution in [-0.2, 0) is 4.79 Å². The van der Waals surface area contributed by atoms with E-state index in [1.165, 1.54) is 0 Å². The van der Waals surface area contributed by atoms with Crippen molar-refractivity contribution in [1.82, 2.24) is 15.1 Å². The second kappa shape index (κ2) is 7.47. The van der Waals surface area contributed by atoms with Crippen molar-refractivity contribution in [1.29, 1.82) is 0 Å². The van der Waals surface area contributed by atoms with Gasteiger partial charge in [-0.2, -0.15) is 0 Å². The lowest BCUT2D eigenvalue weighted by Crippen LogP contribution is -2.50. The van der Waals surface area contributed by atoms with E-state index in [1.807, 2.05) is 0 Å². The second-order valence-corrected chi connectivity index (χ2v) is 6.14. The van der Waals surface area contributed by atoms with Gasteiger partial charge in [0.15, 0.2) is 0 Å². The smallest absolute Gasteiger partial charge is 0.326 e. The molecule has 0 aromatic heterocycles. The van der Waals surface area contributed by atoms with Gasteiger partial charge >= 0.3 is 12.0 Å². The molecule has 1 aliphatic heterocycles. The minimum atomic E-state index is -0.985. The molecule has 0 aliphatic carbocycles. The third-order valence-electron chi connectivity index (χ3n) is 3.93. The van der Waals surface area contributed by atoms with Crippen LogP contribution in [0.25, 0.3) is 0 Å². The van der Waals surface area contributed by atoms with Gasteiger partial charge in [0.2, 0.25) is 0 Å². The Morgan fingerprint density at radius 1 is 1.35 bits per heavy atom. The summed E-state index contributed by atoms with van der Waals surface area (Å²) in [6.45, 7) is 6.38. The van der Waals surface area contributed by atoms with Gasteiger partial charge < -0.3 is 20.2 Å². The normalized spacial score (nSPS) is 18.9. The molecule has 20 heavy (non-hydrogen) atoms. The molecule has 0 saturated carbocycles. The molecule has 2 N–H and O–H groups in total. The van der Waals surface area contributed by atoms with Crippen molar-refractivity contribution < 1.29 is 14.7 Å².